The molecule has 43 heavy (non-hydrogen) atoms. The van der Waals surface area contributed by atoms with Crippen LogP contribution in [0.5, 0.6) is 0 Å². The number of aliphatic hydroxyl groups is 2. The number of carbonyl (C=O) groups is 1. The van der Waals surface area contributed by atoms with Crippen LogP contribution in [0.25, 0.3) is 0 Å². The van der Waals surface area contributed by atoms with Crippen molar-refractivity contribution in [3.05, 3.63) is 0 Å². The Bertz CT molecular complexity index is 500. The van der Waals surface area contributed by atoms with Crippen molar-refractivity contribution in [2.75, 3.05) is 33.0 Å². The number of aliphatic carboxylic acids is 1. The van der Waals surface area contributed by atoms with E-state index >= 15 is 0 Å². The van der Waals surface area contributed by atoms with Crippen LogP contribution in [0.3, 0.4) is 0 Å². The Morgan fingerprint density at radius 3 is 1.02 bits per heavy atom. The van der Waals surface area contributed by atoms with Crippen molar-refractivity contribution in [3.8, 4) is 0 Å². The average Bonchev–Trinajstić information content (AvgIpc) is 3.00. The minimum absolute atomic E-state index is 0.0300. The highest BCUT2D eigenvalue weighted by atomic mass is 16.9. The Hall–Kier alpha value is -0.730. The van der Waals surface area contributed by atoms with Crippen molar-refractivity contribution in [1.29, 1.82) is 0 Å². The molecule has 0 aromatic heterocycles. The molecule has 0 aliphatic heterocycles. The smallest absolute Gasteiger partial charge is 0.303 e. The second-order valence-electron chi connectivity index (χ2n) is 12.2. The van der Waals surface area contributed by atoms with Gasteiger partial charge in [-0.05, 0) is 12.8 Å². The van der Waals surface area contributed by atoms with Crippen LogP contribution in [0.2, 0.25) is 0 Å². The van der Waals surface area contributed by atoms with Gasteiger partial charge < -0.3 is 15.3 Å². The van der Waals surface area contributed by atoms with Gasteiger partial charge in [-0.15, -0.1) is 0 Å². The van der Waals surface area contributed by atoms with Gasteiger partial charge in [0.15, 0.2) is 0 Å². The molecule has 0 heterocycles. The van der Waals surface area contributed by atoms with Crippen LogP contribution in [0.4, 0.5) is 0 Å². The van der Waals surface area contributed by atoms with Gasteiger partial charge in [-0.25, -0.2) is 0 Å². The molecular formula is C36H75NO6. The predicted molar refractivity (Wildman–Crippen MR) is 181 cm³/mol. The zero-order chi connectivity index (χ0) is 31.9. The summed E-state index contributed by atoms with van der Waals surface area (Å²) in [7, 11) is 0. The quantitative estimate of drug-likeness (QED) is 0.0480. The molecule has 7 heteroatoms. The molecule has 0 bridgehead atoms. The zero-order valence-corrected chi connectivity index (χ0v) is 28.8. The van der Waals surface area contributed by atoms with Crippen molar-refractivity contribution >= 4 is 5.97 Å². The first-order valence-electron chi connectivity index (χ1n) is 18.6. The van der Waals surface area contributed by atoms with Gasteiger partial charge >= 0.3 is 5.97 Å². The van der Waals surface area contributed by atoms with Crippen molar-refractivity contribution < 1.29 is 29.8 Å². The Morgan fingerprint density at radius 2 is 0.744 bits per heavy atom. The summed E-state index contributed by atoms with van der Waals surface area (Å²) < 4.78 is 0. The number of hydroxylamine groups is 2. The van der Waals surface area contributed by atoms with Gasteiger partial charge in [-0.2, -0.15) is 0 Å². The maximum absolute atomic E-state index is 10.3. The molecule has 0 saturated heterocycles. The number of aliphatic hydroxyl groups excluding tert-OH is 2. The second-order valence-corrected chi connectivity index (χ2v) is 12.2. The number of carboxylic acids is 1. The highest BCUT2D eigenvalue weighted by Gasteiger charge is 2.05. The molecule has 0 aliphatic rings. The van der Waals surface area contributed by atoms with Gasteiger partial charge in [0.1, 0.15) is 0 Å². The van der Waals surface area contributed by atoms with E-state index < -0.39 is 5.97 Å². The second kappa shape index (κ2) is 41.3. The molecule has 7 nitrogen and oxygen atoms in total. The molecule has 260 valence electrons. The molecule has 0 spiro atoms. The number of rotatable bonds is 35. The SMILES string of the molecule is CCCCCCCCCCCCCCCC(=O)O.CCCCCCCCCCCCCCCCN(OCCO)OCCO. The van der Waals surface area contributed by atoms with E-state index in [9.17, 15) is 4.79 Å². The van der Waals surface area contributed by atoms with Gasteiger partial charge in [0.2, 0.25) is 0 Å². The summed E-state index contributed by atoms with van der Waals surface area (Å²) in [5.41, 5.74) is 0. The summed E-state index contributed by atoms with van der Waals surface area (Å²) in [5, 5.41) is 27.4. The van der Waals surface area contributed by atoms with E-state index in [-0.39, 0.29) is 26.4 Å². The highest BCUT2D eigenvalue weighted by Crippen LogP contribution is 2.14. The maximum atomic E-state index is 10.3. The lowest BCUT2D eigenvalue weighted by molar-refractivity contribution is -0.371. The normalized spacial score (nSPS) is 11.2. The first-order valence-corrected chi connectivity index (χ1v) is 18.6. The minimum atomic E-state index is -0.655. The van der Waals surface area contributed by atoms with Crippen molar-refractivity contribution in [1.82, 2.24) is 5.23 Å². The molecule has 0 aliphatic carbocycles. The van der Waals surface area contributed by atoms with Crippen LogP contribution in [-0.4, -0.2) is 59.5 Å². The summed E-state index contributed by atoms with van der Waals surface area (Å²) in [6.45, 7) is 5.60. The molecule has 0 amide bonds. The van der Waals surface area contributed by atoms with Crippen LogP contribution in [0.1, 0.15) is 194 Å². The first kappa shape index (κ1) is 44.4. The molecule has 0 rings (SSSR count). The number of unbranched alkanes of at least 4 members (excludes halogenated alkanes) is 25. The van der Waals surface area contributed by atoms with Gasteiger partial charge in [-0.1, -0.05) is 180 Å². The molecular weight excluding hydrogens is 542 g/mol. The number of nitrogens with zero attached hydrogens (tertiary/aromatic N) is 1. The third-order valence-corrected chi connectivity index (χ3v) is 7.84. The molecule has 0 radical (unpaired) electrons. The lowest BCUT2D eigenvalue weighted by atomic mass is 10.0. The van der Waals surface area contributed by atoms with Crippen LogP contribution < -0.4 is 0 Å². The van der Waals surface area contributed by atoms with Gasteiger partial charge in [-0.3, -0.25) is 14.5 Å². The number of hydrogen-bond acceptors (Lipinski definition) is 6. The summed E-state index contributed by atoms with van der Waals surface area (Å²) in [6.07, 6.45) is 36.0. The summed E-state index contributed by atoms with van der Waals surface area (Å²) in [4.78, 5) is 20.8. The van der Waals surface area contributed by atoms with E-state index in [4.69, 9.17) is 25.0 Å². The standard InChI is InChI=1S/C20H43NO4.C16H32O2/c1-2-3-4-5-6-7-8-9-10-11-12-13-14-15-16-21(24-19-17-22)25-20-18-23;1-2-3-4-5-6-7-8-9-10-11-12-13-14-15-16(17)18/h22-23H,2-20H2,1H3;2-15H2,1H3,(H,17,18). The van der Waals surface area contributed by atoms with Gasteiger partial charge in [0.25, 0.3) is 0 Å². The fourth-order valence-electron chi connectivity index (χ4n) is 5.18. The Kier molecular flexibility index (Phi) is 42.6. The first-order chi connectivity index (χ1) is 21.1. The Labute approximate surface area is 267 Å². The van der Waals surface area contributed by atoms with Crippen molar-refractivity contribution in [3.63, 3.8) is 0 Å². The molecule has 0 aromatic rings. The third-order valence-electron chi connectivity index (χ3n) is 7.84. The number of hydrogen-bond donors (Lipinski definition) is 3. The zero-order valence-electron chi connectivity index (χ0n) is 28.8. The lowest BCUT2D eigenvalue weighted by Gasteiger charge is -2.20. The third kappa shape index (κ3) is 43.5. The Balaban J connectivity index is 0. The van der Waals surface area contributed by atoms with E-state index in [2.05, 4.69) is 13.8 Å². The lowest BCUT2D eigenvalue weighted by Crippen LogP contribution is -2.28. The van der Waals surface area contributed by atoms with E-state index in [0.29, 0.717) is 13.0 Å². The molecule has 0 atom stereocenters. The van der Waals surface area contributed by atoms with Gasteiger partial charge in [0, 0.05) is 6.42 Å². The van der Waals surface area contributed by atoms with E-state index in [0.717, 1.165) is 19.3 Å². The van der Waals surface area contributed by atoms with Crippen LogP contribution >= 0.6 is 0 Å². The largest absolute Gasteiger partial charge is 0.481 e. The fourth-order valence-corrected chi connectivity index (χ4v) is 5.18. The average molecular weight is 618 g/mol. The summed E-state index contributed by atoms with van der Waals surface area (Å²) in [6, 6.07) is 0. The Morgan fingerprint density at radius 1 is 0.465 bits per heavy atom. The number of carboxylic acid groups (broad SMARTS) is 1. The van der Waals surface area contributed by atoms with Crippen molar-refractivity contribution in [2.24, 2.45) is 0 Å². The molecule has 3 N–H and O–H groups in total. The minimum Gasteiger partial charge on any atom is -0.481 e. The van der Waals surface area contributed by atoms with Crippen molar-refractivity contribution in [2.45, 2.75) is 194 Å². The fraction of sp³-hybridized carbons (Fsp3) is 0.972. The topological polar surface area (TPSA) is 99.5 Å². The van der Waals surface area contributed by atoms with Crippen LogP contribution in [-0.2, 0) is 14.5 Å². The van der Waals surface area contributed by atoms with Crippen LogP contribution in [0.15, 0.2) is 0 Å². The van der Waals surface area contributed by atoms with E-state index in [1.54, 1.807) is 0 Å². The van der Waals surface area contributed by atoms with E-state index in [1.807, 2.05) is 0 Å². The maximum Gasteiger partial charge on any atom is 0.303 e. The summed E-state index contributed by atoms with van der Waals surface area (Å²) >= 11 is 0. The highest BCUT2D eigenvalue weighted by molar-refractivity contribution is 5.66. The summed E-state index contributed by atoms with van der Waals surface area (Å²) in [5.74, 6) is -0.655. The predicted octanol–water partition coefficient (Wildman–Crippen LogP) is 10.2. The molecule has 0 aromatic carbocycles. The van der Waals surface area contributed by atoms with Crippen LogP contribution in [0, 0.1) is 0 Å². The monoisotopic (exact) mass is 618 g/mol. The molecule has 0 unspecified atom stereocenters. The molecule has 0 saturated carbocycles. The van der Waals surface area contributed by atoms with E-state index in [1.165, 1.54) is 159 Å². The van der Waals surface area contributed by atoms with Gasteiger partial charge in [0.05, 0.1) is 33.0 Å². The molecule has 0 fully saturated rings.